The number of terminal acetylenes is 1. The highest BCUT2D eigenvalue weighted by Crippen LogP contribution is 2.22. The van der Waals surface area contributed by atoms with Gasteiger partial charge in [0.1, 0.15) is 11.0 Å². The number of hydrogen-bond acceptors (Lipinski definition) is 4. The third-order valence-electron chi connectivity index (χ3n) is 2.54. The fourth-order valence-electron chi connectivity index (χ4n) is 1.59. The van der Waals surface area contributed by atoms with Gasteiger partial charge in [-0.15, -0.1) is 17.8 Å². The monoisotopic (exact) mass is 371 g/mol. The highest BCUT2D eigenvalue weighted by Gasteiger charge is 2.08. The molecule has 0 aliphatic rings. The first-order valence-electron chi connectivity index (χ1n) is 5.79. The van der Waals surface area contributed by atoms with Crippen LogP contribution in [0, 0.1) is 12.3 Å². The van der Waals surface area contributed by atoms with Gasteiger partial charge in [-0.3, -0.25) is 4.79 Å². The second-order valence-electron chi connectivity index (χ2n) is 3.92. The standard InChI is InChI=1S/C13H11BrClN3OS/c1-2-7-18-13(19)12(14)10(8-17-18)16-6-5-9-3-4-11(15)20-9/h1,3-4,8,16H,5-7H2. The fourth-order valence-corrected chi connectivity index (χ4v) is 3.13. The molecular weight excluding hydrogens is 362 g/mol. The third kappa shape index (κ3) is 3.63. The van der Waals surface area contributed by atoms with Crippen molar-refractivity contribution < 1.29 is 0 Å². The van der Waals surface area contributed by atoms with E-state index >= 15 is 0 Å². The summed E-state index contributed by atoms with van der Waals surface area (Å²) < 4.78 is 2.44. The van der Waals surface area contributed by atoms with Crippen LogP contribution in [0.4, 0.5) is 5.69 Å². The number of hydrogen-bond donors (Lipinski definition) is 1. The van der Waals surface area contributed by atoms with E-state index in [0.29, 0.717) is 16.7 Å². The van der Waals surface area contributed by atoms with Crippen LogP contribution < -0.4 is 10.9 Å². The molecule has 0 saturated heterocycles. The van der Waals surface area contributed by atoms with Gasteiger partial charge >= 0.3 is 0 Å². The van der Waals surface area contributed by atoms with E-state index in [1.54, 1.807) is 17.5 Å². The van der Waals surface area contributed by atoms with Gasteiger partial charge < -0.3 is 5.32 Å². The van der Waals surface area contributed by atoms with E-state index in [1.807, 2.05) is 12.1 Å². The molecule has 0 amide bonds. The maximum atomic E-state index is 11.9. The van der Waals surface area contributed by atoms with Crippen molar-refractivity contribution in [2.24, 2.45) is 0 Å². The SMILES string of the molecule is C#CCn1ncc(NCCc2ccc(Cl)s2)c(Br)c1=O. The van der Waals surface area contributed by atoms with Crippen LogP contribution in [0.2, 0.25) is 4.34 Å². The summed E-state index contributed by atoms with van der Waals surface area (Å²) in [5.41, 5.74) is 0.415. The molecule has 0 spiro atoms. The zero-order valence-electron chi connectivity index (χ0n) is 10.4. The molecule has 0 fully saturated rings. The van der Waals surface area contributed by atoms with Crippen LogP contribution in [0.3, 0.4) is 0 Å². The molecule has 7 heteroatoms. The quantitative estimate of drug-likeness (QED) is 0.821. The van der Waals surface area contributed by atoms with Crippen LogP contribution in [0.25, 0.3) is 0 Å². The molecular formula is C13H11BrClN3OS. The number of nitrogens with zero attached hydrogens (tertiary/aromatic N) is 2. The molecule has 0 saturated carbocycles. The molecule has 104 valence electrons. The van der Waals surface area contributed by atoms with E-state index in [-0.39, 0.29) is 12.1 Å². The van der Waals surface area contributed by atoms with Gasteiger partial charge in [0, 0.05) is 11.4 Å². The second kappa shape index (κ2) is 6.93. The molecule has 0 radical (unpaired) electrons. The zero-order chi connectivity index (χ0) is 14.5. The summed E-state index contributed by atoms with van der Waals surface area (Å²) in [4.78, 5) is 13.1. The maximum absolute atomic E-state index is 11.9. The Morgan fingerprint density at radius 1 is 1.55 bits per heavy atom. The van der Waals surface area contributed by atoms with Crippen LogP contribution in [0.5, 0.6) is 0 Å². The van der Waals surface area contributed by atoms with Crippen molar-refractivity contribution in [3.8, 4) is 12.3 Å². The largest absolute Gasteiger partial charge is 0.382 e. The molecule has 0 atom stereocenters. The maximum Gasteiger partial charge on any atom is 0.284 e. The third-order valence-corrected chi connectivity index (χ3v) is 4.60. The van der Waals surface area contributed by atoms with Gasteiger partial charge in [0.05, 0.1) is 16.2 Å². The van der Waals surface area contributed by atoms with Crippen LogP contribution >= 0.6 is 38.9 Å². The Hall–Kier alpha value is -1.29. The first-order valence-corrected chi connectivity index (χ1v) is 7.77. The van der Waals surface area contributed by atoms with Crippen molar-refractivity contribution in [2.75, 3.05) is 11.9 Å². The lowest BCUT2D eigenvalue weighted by Gasteiger charge is -2.08. The molecule has 0 aliphatic heterocycles. The van der Waals surface area contributed by atoms with Crippen LogP contribution in [0.1, 0.15) is 4.88 Å². The predicted molar refractivity (Wildman–Crippen MR) is 86.6 cm³/mol. The normalized spacial score (nSPS) is 10.2. The van der Waals surface area contributed by atoms with Gasteiger partial charge in [-0.2, -0.15) is 5.10 Å². The molecule has 2 heterocycles. The smallest absolute Gasteiger partial charge is 0.284 e. The van der Waals surface area contributed by atoms with E-state index in [0.717, 1.165) is 10.8 Å². The van der Waals surface area contributed by atoms with Crippen molar-refractivity contribution in [3.63, 3.8) is 0 Å². The van der Waals surface area contributed by atoms with Crippen molar-refractivity contribution in [3.05, 3.63) is 42.4 Å². The van der Waals surface area contributed by atoms with Crippen molar-refractivity contribution >= 4 is 44.6 Å². The summed E-state index contributed by atoms with van der Waals surface area (Å²) in [6.07, 6.45) is 7.59. The molecule has 2 aromatic rings. The lowest BCUT2D eigenvalue weighted by Crippen LogP contribution is -2.24. The number of halogens is 2. The minimum atomic E-state index is -0.243. The van der Waals surface area contributed by atoms with Crippen molar-refractivity contribution in [2.45, 2.75) is 13.0 Å². The van der Waals surface area contributed by atoms with Gasteiger partial charge in [0.15, 0.2) is 0 Å². The topological polar surface area (TPSA) is 46.9 Å². The lowest BCUT2D eigenvalue weighted by molar-refractivity contribution is 0.659. The minimum Gasteiger partial charge on any atom is -0.382 e. The summed E-state index contributed by atoms with van der Waals surface area (Å²) in [6, 6.07) is 3.87. The van der Waals surface area contributed by atoms with Gasteiger partial charge in [-0.25, -0.2) is 4.68 Å². The molecule has 1 N–H and O–H groups in total. The highest BCUT2D eigenvalue weighted by atomic mass is 79.9. The van der Waals surface area contributed by atoms with Crippen LogP contribution in [-0.2, 0) is 13.0 Å². The zero-order valence-corrected chi connectivity index (χ0v) is 13.6. The summed E-state index contributed by atoms with van der Waals surface area (Å²) in [5, 5.41) is 7.18. The van der Waals surface area contributed by atoms with Crippen molar-refractivity contribution in [1.82, 2.24) is 9.78 Å². The minimum absolute atomic E-state index is 0.158. The summed E-state index contributed by atoms with van der Waals surface area (Å²) in [6.45, 7) is 0.848. The average Bonchev–Trinajstić information content (AvgIpc) is 2.84. The second-order valence-corrected chi connectivity index (χ2v) is 6.51. The van der Waals surface area contributed by atoms with Gasteiger partial charge in [-0.05, 0) is 34.5 Å². The first kappa shape index (κ1) is 15.1. The molecule has 2 aromatic heterocycles. The van der Waals surface area contributed by atoms with E-state index in [9.17, 15) is 4.79 Å². The van der Waals surface area contributed by atoms with E-state index in [2.05, 4.69) is 32.3 Å². The number of rotatable bonds is 5. The molecule has 0 bridgehead atoms. The van der Waals surface area contributed by atoms with Crippen LogP contribution in [-0.4, -0.2) is 16.3 Å². The predicted octanol–water partition coefficient (Wildman–Crippen LogP) is 3.01. The van der Waals surface area contributed by atoms with E-state index in [4.69, 9.17) is 18.0 Å². The molecule has 0 unspecified atom stereocenters. The molecule has 0 aromatic carbocycles. The van der Waals surface area contributed by atoms with Crippen LogP contribution in [0.15, 0.2) is 27.6 Å². The molecule has 20 heavy (non-hydrogen) atoms. The summed E-state index contributed by atoms with van der Waals surface area (Å²) in [7, 11) is 0. The van der Waals surface area contributed by atoms with E-state index < -0.39 is 0 Å². The average molecular weight is 373 g/mol. The molecule has 0 aliphatic carbocycles. The van der Waals surface area contributed by atoms with E-state index in [1.165, 1.54) is 9.56 Å². The lowest BCUT2D eigenvalue weighted by atomic mass is 10.3. The fraction of sp³-hybridized carbons (Fsp3) is 0.231. The molecule has 2 rings (SSSR count). The highest BCUT2D eigenvalue weighted by molar-refractivity contribution is 9.10. The van der Waals surface area contributed by atoms with Gasteiger partial charge in [0.2, 0.25) is 0 Å². The molecule has 4 nitrogen and oxygen atoms in total. The Kier molecular flexibility index (Phi) is 5.24. The number of anilines is 1. The van der Waals surface area contributed by atoms with Crippen molar-refractivity contribution in [1.29, 1.82) is 0 Å². The Balaban J connectivity index is 2.02. The number of nitrogens with one attached hydrogen (secondary N) is 1. The Morgan fingerprint density at radius 2 is 2.35 bits per heavy atom. The van der Waals surface area contributed by atoms with Gasteiger partial charge in [0.25, 0.3) is 5.56 Å². The summed E-state index contributed by atoms with van der Waals surface area (Å²) in [5.74, 6) is 2.39. The Labute approximate surface area is 133 Å². The Bertz CT molecular complexity index is 704. The first-order chi connectivity index (χ1) is 9.61. The summed E-state index contributed by atoms with van der Waals surface area (Å²) >= 11 is 10.7. The number of thiophene rings is 1. The number of aromatic nitrogens is 2. The Morgan fingerprint density at radius 3 is 3.00 bits per heavy atom. The van der Waals surface area contributed by atoms with Gasteiger partial charge in [-0.1, -0.05) is 17.5 Å².